The molecule has 2 aliphatic rings. The standard InChI is InChI=1S/C20H31N3O2/c1-16-7-9-17(10-8-16)21(2)20(25)15-22-11-13-23(14-12-22)18-5-3-4-6-19(18)24/h3-6,16-17,24H,7-15H2,1-2H3. The highest BCUT2D eigenvalue weighted by Gasteiger charge is 2.27. The van der Waals surface area contributed by atoms with Crippen molar-refractivity contribution in [1.29, 1.82) is 0 Å². The molecular weight excluding hydrogens is 314 g/mol. The molecule has 2 fully saturated rings. The Bertz CT molecular complexity index is 576. The second-order valence-corrected chi connectivity index (χ2v) is 7.67. The third-order valence-electron chi connectivity index (χ3n) is 5.88. The number of carbonyl (C=O) groups excluding carboxylic acids is 1. The largest absolute Gasteiger partial charge is 0.506 e. The molecule has 1 N–H and O–H groups in total. The monoisotopic (exact) mass is 345 g/mol. The van der Waals surface area contributed by atoms with Crippen molar-refractivity contribution in [1.82, 2.24) is 9.80 Å². The zero-order valence-corrected chi connectivity index (χ0v) is 15.5. The van der Waals surface area contributed by atoms with Crippen molar-refractivity contribution in [3.63, 3.8) is 0 Å². The minimum Gasteiger partial charge on any atom is -0.506 e. The van der Waals surface area contributed by atoms with Gasteiger partial charge < -0.3 is 14.9 Å². The normalized spacial score (nSPS) is 25.0. The van der Waals surface area contributed by atoms with Gasteiger partial charge in [-0.2, -0.15) is 0 Å². The first kappa shape index (κ1) is 18.1. The predicted octanol–water partition coefficient (Wildman–Crippen LogP) is 2.55. The molecule has 1 aliphatic carbocycles. The number of anilines is 1. The number of rotatable bonds is 4. The van der Waals surface area contributed by atoms with Crippen molar-refractivity contribution in [2.45, 2.75) is 38.6 Å². The van der Waals surface area contributed by atoms with Gasteiger partial charge in [-0.25, -0.2) is 0 Å². The van der Waals surface area contributed by atoms with Gasteiger partial charge in [0.2, 0.25) is 5.91 Å². The fraction of sp³-hybridized carbons (Fsp3) is 0.650. The fourth-order valence-electron chi connectivity index (χ4n) is 4.01. The third-order valence-corrected chi connectivity index (χ3v) is 5.88. The third kappa shape index (κ3) is 4.46. The number of phenolic OH excluding ortho intramolecular Hbond substituents is 1. The molecule has 1 saturated carbocycles. The van der Waals surface area contributed by atoms with Gasteiger partial charge >= 0.3 is 0 Å². The van der Waals surface area contributed by atoms with Crippen LogP contribution in [0.4, 0.5) is 5.69 Å². The van der Waals surface area contributed by atoms with Crippen molar-refractivity contribution in [2.75, 3.05) is 44.7 Å². The van der Waals surface area contributed by atoms with Crippen LogP contribution in [0, 0.1) is 5.92 Å². The lowest BCUT2D eigenvalue weighted by molar-refractivity contribution is -0.134. The van der Waals surface area contributed by atoms with E-state index in [1.165, 1.54) is 12.8 Å². The minimum atomic E-state index is 0.246. The maximum Gasteiger partial charge on any atom is 0.236 e. The van der Waals surface area contributed by atoms with Crippen LogP contribution < -0.4 is 4.90 Å². The molecule has 1 aliphatic heterocycles. The second-order valence-electron chi connectivity index (χ2n) is 7.67. The summed E-state index contributed by atoms with van der Waals surface area (Å²) in [7, 11) is 1.97. The smallest absolute Gasteiger partial charge is 0.236 e. The Labute approximate surface area is 151 Å². The van der Waals surface area contributed by atoms with E-state index in [-0.39, 0.29) is 5.91 Å². The van der Waals surface area contributed by atoms with Gasteiger partial charge in [0.1, 0.15) is 5.75 Å². The molecule has 1 amide bonds. The number of phenols is 1. The average Bonchev–Trinajstić information content (AvgIpc) is 2.63. The number of carbonyl (C=O) groups is 1. The van der Waals surface area contributed by atoms with Crippen LogP contribution in [0.5, 0.6) is 5.75 Å². The molecule has 25 heavy (non-hydrogen) atoms. The van der Waals surface area contributed by atoms with E-state index in [2.05, 4.69) is 16.7 Å². The van der Waals surface area contributed by atoms with Gasteiger partial charge in [0, 0.05) is 39.3 Å². The molecule has 0 radical (unpaired) electrons. The van der Waals surface area contributed by atoms with E-state index in [4.69, 9.17) is 0 Å². The Morgan fingerprint density at radius 2 is 1.76 bits per heavy atom. The minimum absolute atomic E-state index is 0.246. The molecule has 1 heterocycles. The van der Waals surface area contributed by atoms with Crippen LogP contribution in [0.1, 0.15) is 32.6 Å². The molecule has 1 aromatic carbocycles. The SMILES string of the molecule is CC1CCC(N(C)C(=O)CN2CCN(c3ccccc3O)CC2)CC1. The van der Waals surface area contributed by atoms with Gasteiger partial charge in [-0.05, 0) is 43.7 Å². The Balaban J connectivity index is 1.47. The lowest BCUT2D eigenvalue weighted by Crippen LogP contribution is -2.51. The average molecular weight is 345 g/mol. The summed E-state index contributed by atoms with van der Waals surface area (Å²) in [5.74, 6) is 1.39. The Hall–Kier alpha value is -1.75. The predicted molar refractivity (Wildman–Crippen MR) is 101 cm³/mol. The molecule has 1 aromatic rings. The fourth-order valence-corrected chi connectivity index (χ4v) is 4.01. The Kier molecular flexibility index (Phi) is 5.84. The van der Waals surface area contributed by atoms with E-state index in [0.29, 0.717) is 18.3 Å². The molecule has 0 aromatic heterocycles. The summed E-state index contributed by atoms with van der Waals surface area (Å²) in [6.07, 6.45) is 4.76. The number of benzene rings is 1. The highest BCUT2D eigenvalue weighted by Crippen LogP contribution is 2.28. The topological polar surface area (TPSA) is 47.0 Å². The van der Waals surface area contributed by atoms with Gasteiger partial charge in [0.25, 0.3) is 0 Å². The summed E-state index contributed by atoms with van der Waals surface area (Å²) in [6, 6.07) is 7.89. The lowest BCUT2D eigenvalue weighted by atomic mass is 9.87. The van der Waals surface area contributed by atoms with Crippen LogP contribution in [0.3, 0.4) is 0 Å². The van der Waals surface area contributed by atoms with Crippen LogP contribution >= 0.6 is 0 Å². The molecule has 0 unspecified atom stereocenters. The molecule has 0 bridgehead atoms. The first-order chi connectivity index (χ1) is 12.0. The van der Waals surface area contributed by atoms with E-state index in [1.807, 2.05) is 30.1 Å². The van der Waals surface area contributed by atoms with Gasteiger partial charge in [0.05, 0.1) is 12.2 Å². The van der Waals surface area contributed by atoms with Crippen LogP contribution in [0.15, 0.2) is 24.3 Å². The van der Waals surface area contributed by atoms with Crippen molar-refractivity contribution in [2.24, 2.45) is 5.92 Å². The number of amides is 1. The second kappa shape index (κ2) is 8.09. The molecule has 0 spiro atoms. The van der Waals surface area contributed by atoms with Gasteiger partial charge in [-0.15, -0.1) is 0 Å². The molecule has 0 atom stereocenters. The number of hydrogen-bond acceptors (Lipinski definition) is 4. The first-order valence-corrected chi connectivity index (χ1v) is 9.55. The summed E-state index contributed by atoms with van der Waals surface area (Å²) in [6.45, 7) is 6.22. The number of nitrogens with zero attached hydrogens (tertiary/aromatic N) is 3. The van der Waals surface area contributed by atoms with Crippen LogP contribution in [-0.2, 0) is 4.79 Å². The quantitative estimate of drug-likeness (QED) is 0.911. The Morgan fingerprint density at radius 1 is 1.12 bits per heavy atom. The van der Waals surface area contributed by atoms with Crippen LogP contribution in [0.25, 0.3) is 0 Å². The number of hydrogen-bond donors (Lipinski definition) is 1. The van der Waals surface area contributed by atoms with Crippen LogP contribution in [0.2, 0.25) is 0 Å². The molecule has 5 heteroatoms. The van der Waals surface area contributed by atoms with Gasteiger partial charge in [0.15, 0.2) is 0 Å². The number of likely N-dealkylation sites (N-methyl/N-ethyl adjacent to an activating group) is 1. The van der Waals surface area contributed by atoms with E-state index in [0.717, 1.165) is 50.6 Å². The summed E-state index contributed by atoms with van der Waals surface area (Å²) in [4.78, 5) is 19.0. The molecular formula is C20H31N3O2. The molecule has 3 rings (SSSR count). The number of para-hydroxylation sites is 2. The maximum atomic E-state index is 12.6. The van der Waals surface area contributed by atoms with E-state index < -0.39 is 0 Å². The summed E-state index contributed by atoms with van der Waals surface area (Å²) in [5.41, 5.74) is 0.891. The van der Waals surface area contributed by atoms with Gasteiger partial charge in [-0.3, -0.25) is 9.69 Å². The summed E-state index contributed by atoms with van der Waals surface area (Å²) in [5, 5.41) is 9.99. The van der Waals surface area contributed by atoms with Crippen molar-refractivity contribution >= 4 is 11.6 Å². The van der Waals surface area contributed by atoms with Gasteiger partial charge in [-0.1, -0.05) is 19.1 Å². The van der Waals surface area contributed by atoms with E-state index in [9.17, 15) is 9.90 Å². The van der Waals surface area contributed by atoms with Crippen molar-refractivity contribution in [3.8, 4) is 5.75 Å². The van der Waals surface area contributed by atoms with Crippen LogP contribution in [-0.4, -0.2) is 66.6 Å². The number of piperazine rings is 1. The first-order valence-electron chi connectivity index (χ1n) is 9.55. The lowest BCUT2D eigenvalue weighted by Gasteiger charge is -2.38. The summed E-state index contributed by atoms with van der Waals surface area (Å²) < 4.78 is 0. The summed E-state index contributed by atoms with van der Waals surface area (Å²) >= 11 is 0. The van der Waals surface area contributed by atoms with E-state index >= 15 is 0 Å². The van der Waals surface area contributed by atoms with E-state index in [1.54, 1.807) is 6.07 Å². The zero-order valence-electron chi connectivity index (χ0n) is 15.5. The number of aromatic hydroxyl groups is 1. The molecule has 5 nitrogen and oxygen atoms in total. The zero-order chi connectivity index (χ0) is 17.8. The highest BCUT2D eigenvalue weighted by molar-refractivity contribution is 5.78. The van der Waals surface area contributed by atoms with Crippen molar-refractivity contribution in [3.05, 3.63) is 24.3 Å². The maximum absolute atomic E-state index is 12.6. The molecule has 1 saturated heterocycles. The molecule has 138 valence electrons. The Morgan fingerprint density at radius 3 is 2.40 bits per heavy atom. The van der Waals surface area contributed by atoms with Crippen molar-refractivity contribution < 1.29 is 9.90 Å². The highest BCUT2D eigenvalue weighted by atomic mass is 16.3.